The second-order valence-electron chi connectivity index (χ2n) is 9.96. The summed E-state index contributed by atoms with van der Waals surface area (Å²) in [6.07, 6.45) is -1.76. The highest BCUT2D eigenvalue weighted by atomic mass is 19.4. The molecule has 0 spiro atoms. The van der Waals surface area contributed by atoms with E-state index in [0.29, 0.717) is 24.5 Å². The molecule has 0 unspecified atom stereocenters. The number of aliphatic hydroxyl groups excluding tert-OH is 1. The Bertz CT molecular complexity index is 1560. The van der Waals surface area contributed by atoms with Crippen molar-refractivity contribution in [2.24, 2.45) is 0 Å². The third kappa shape index (κ3) is 8.80. The Morgan fingerprint density at radius 1 is 1.07 bits per heavy atom. The Labute approximate surface area is 243 Å². The summed E-state index contributed by atoms with van der Waals surface area (Å²) in [5, 5.41) is 30.9. The molecule has 0 saturated carbocycles. The number of methoxy groups -OCH3 is 1. The number of rotatable bonds is 8. The van der Waals surface area contributed by atoms with Crippen molar-refractivity contribution in [1.29, 1.82) is 0 Å². The van der Waals surface area contributed by atoms with Gasteiger partial charge in [-0.2, -0.15) is 0 Å². The summed E-state index contributed by atoms with van der Waals surface area (Å²) >= 11 is 0. The van der Waals surface area contributed by atoms with E-state index >= 15 is 0 Å². The third-order valence-electron chi connectivity index (χ3n) is 7.01. The van der Waals surface area contributed by atoms with Crippen molar-refractivity contribution >= 4 is 33.7 Å². The van der Waals surface area contributed by atoms with Gasteiger partial charge in [0, 0.05) is 47.3 Å². The highest BCUT2D eigenvalue weighted by Crippen LogP contribution is 2.29. The van der Waals surface area contributed by atoms with Gasteiger partial charge in [-0.05, 0) is 80.0 Å². The van der Waals surface area contributed by atoms with E-state index in [0.717, 1.165) is 59.4 Å². The number of aromatic amines is 1. The number of hydrogen-bond donors (Lipinski definition) is 5. The average molecular weight is 605 g/mol. The molecule has 230 valence electrons. The van der Waals surface area contributed by atoms with Gasteiger partial charge in [-0.3, -0.25) is 4.98 Å². The molecule has 2 aromatic heterocycles. The number of aliphatic hydroxyl groups is 1. The van der Waals surface area contributed by atoms with Gasteiger partial charge in [0.1, 0.15) is 11.5 Å². The number of ether oxygens (including phenoxy) is 2. The predicted octanol–water partition coefficient (Wildman–Crippen LogP) is 4.07. The summed E-state index contributed by atoms with van der Waals surface area (Å²) < 4.78 is 46.8. The number of carboxylic acid groups (broad SMARTS) is 2. The summed E-state index contributed by atoms with van der Waals surface area (Å²) in [6.45, 7) is 2.83. The van der Waals surface area contributed by atoms with E-state index in [1.165, 1.54) is 12.1 Å². The number of piperidine rings is 1. The van der Waals surface area contributed by atoms with Crippen LogP contribution in [0.5, 0.6) is 11.5 Å². The van der Waals surface area contributed by atoms with Crippen molar-refractivity contribution in [1.82, 2.24) is 20.2 Å². The van der Waals surface area contributed by atoms with E-state index < -0.39 is 24.4 Å². The molecule has 5 N–H and O–H groups in total. The Hall–Kier alpha value is -4.40. The second kappa shape index (κ2) is 13.7. The van der Waals surface area contributed by atoms with Crippen LogP contribution in [0.4, 0.5) is 13.2 Å². The van der Waals surface area contributed by atoms with Gasteiger partial charge in [-0.1, -0.05) is 0 Å². The minimum Gasteiger partial charge on any atom is -0.497 e. The number of halogens is 3. The first kappa shape index (κ1) is 31.5. The molecule has 1 fully saturated rings. The molecule has 5 rings (SSSR count). The van der Waals surface area contributed by atoms with Crippen LogP contribution in [0.25, 0.3) is 21.8 Å². The molecule has 3 heterocycles. The smallest absolute Gasteiger partial charge is 0.497 e. The van der Waals surface area contributed by atoms with Crippen LogP contribution in [0.15, 0.2) is 54.7 Å². The summed E-state index contributed by atoms with van der Waals surface area (Å²) in [5.74, 6) is -3.15. The fourth-order valence-corrected chi connectivity index (χ4v) is 4.94. The summed E-state index contributed by atoms with van der Waals surface area (Å²) in [7, 11) is 1.62. The number of pyridine rings is 1. The SMILES string of the molecule is COc1ccc2nccc([C@@H](O)CN3CCC(NCc4cc5cc(OC(F)(F)F)ccc5[nH]4)CC3)c2c1.O=C(O)C(=O)O. The number of carbonyl (C=O) groups is 2. The largest absolute Gasteiger partial charge is 0.573 e. The summed E-state index contributed by atoms with van der Waals surface area (Å²) in [5.41, 5.74) is 3.32. The minimum atomic E-state index is -4.71. The van der Waals surface area contributed by atoms with Gasteiger partial charge >= 0.3 is 18.3 Å². The normalized spacial score (nSPS) is 15.1. The number of nitrogens with one attached hydrogen (secondary N) is 2. The van der Waals surface area contributed by atoms with Crippen molar-refractivity contribution in [2.45, 2.75) is 37.9 Å². The highest BCUT2D eigenvalue weighted by Gasteiger charge is 2.31. The lowest BCUT2D eigenvalue weighted by molar-refractivity contribution is -0.274. The zero-order chi connectivity index (χ0) is 31.1. The van der Waals surface area contributed by atoms with Crippen molar-refractivity contribution in [3.8, 4) is 11.5 Å². The predicted molar refractivity (Wildman–Crippen MR) is 150 cm³/mol. The molecule has 1 aliphatic heterocycles. The number of hydrogen-bond acceptors (Lipinski definition) is 8. The number of alkyl halides is 3. The molecule has 43 heavy (non-hydrogen) atoms. The number of nitrogens with zero attached hydrogens (tertiary/aromatic N) is 2. The lowest BCUT2D eigenvalue weighted by Crippen LogP contribution is -2.43. The van der Waals surface area contributed by atoms with E-state index in [9.17, 15) is 18.3 Å². The van der Waals surface area contributed by atoms with Crippen molar-refractivity contribution in [3.63, 3.8) is 0 Å². The molecule has 2 aromatic carbocycles. The van der Waals surface area contributed by atoms with Crippen LogP contribution in [0.2, 0.25) is 0 Å². The van der Waals surface area contributed by atoms with Gasteiger partial charge in [0.05, 0.1) is 18.7 Å². The second-order valence-corrected chi connectivity index (χ2v) is 9.96. The zero-order valence-corrected chi connectivity index (χ0v) is 23.1. The van der Waals surface area contributed by atoms with Crippen LogP contribution in [0.1, 0.15) is 30.2 Å². The van der Waals surface area contributed by atoms with Crippen LogP contribution in [-0.4, -0.2) is 81.3 Å². The van der Waals surface area contributed by atoms with Crippen LogP contribution in [0.3, 0.4) is 0 Å². The lowest BCUT2D eigenvalue weighted by atomic mass is 10.0. The number of carboxylic acids is 2. The van der Waals surface area contributed by atoms with E-state index in [2.05, 4.69) is 24.9 Å². The number of likely N-dealkylation sites (tertiary alicyclic amines) is 1. The quantitative estimate of drug-likeness (QED) is 0.186. The zero-order valence-electron chi connectivity index (χ0n) is 23.1. The van der Waals surface area contributed by atoms with Crippen molar-refractivity contribution < 1.29 is 47.6 Å². The Morgan fingerprint density at radius 2 is 1.77 bits per heavy atom. The summed E-state index contributed by atoms with van der Waals surface area (Å²) in [4.78, 5) is 28.1. The minimum absolute atomic E-state index is 0.230. The standard InChI is InChI=1S/C27H29F3N4O3.C2H2O4/c1-36-20-2-5-25-23(14-20)22(6-9-31-25)26(35)16-34-10-7-18(8-11-34)32-15-19-12-17-13-21(37-27(28,29)30)3-4-24(17)33-19;3-1(4)2(5)6/h2-6,9,12-14,18,26,32-33,35H,7-8,10-11,15-16H2,1H3;(H,3,4)(H,5,6)/t26-;/m0./s1. The maximum absolute atomic E-state index is 12.5. The monoisotopic (exact) mass is 604 g/mol. The molecule has 0 bridgehead atoms. The maximum Gasteiger partial charge on any atom is 0.573 e. The molecular formula is C29H31F3N4O7. The Morgan fingerprint density at radius 3 is 2.42 bits per heavy atom. The van der Waals surface area contributed by atoms with Gasteiger partial charge in [0.2, 0.25) is 0 Å². The number of fused-ring (bicyclic) bond motifs is 2. The molecule has 0 amide bonds. The topological polar surface area (TPSA) is 157 Å². The van der Waals surface area contributed by atoms with Gasteiger partial charge in [0.15, 0.2) is 0 Å². The molecule has 0 radical (unpaired) electrons. The molecule has 11 nitrogen and oxygen atoms in total. The number of H-pyrrole nitrogens is 1. The first-order chi connectivity index (χ1) is 20.4. The third-order valence-corrected chi connectivity index (χ3v) is 7.01. The van der Waals surface area contributed by atoms with Crippen LogP contribution in [-0.2, 0) is 16.1 Å². The van der Waals surface area contributed by atoms with Crippen LogP contribution in [0, 0.1) is 0 Å². The van der Waals surface area contributed by atoms with Crippen molar-refractivity contribution in [3.05, 3.63) is 66.0 Å². The number of β-amino-alcohol motifs (C(OH)–C–C–N with tert-alkyl or cyclic N) is 1. The molecule has 1 aliphatic rings. The molecule has 1 atom stereocenters. The van der Waals surface area contributed by atoms with E-state index in [4.69, 9.17) is 24.5 Å². The highest BCUT2D eigenvalue weighted by molar-refractivity contribution is 6.27. The van der Waals surface area contributed by atoms with Gasteiger partial charge in [-0.25, -0.2) is 9.59 Å². The molecule has 14 heteroatoms. The summed E-state index contributed by atoms with van der Waals surface area (Å²) in [6, 6.07) is 14.0. The Balaban J connectivity index is 0.000000641. The van der Waals surface area contributed by atoms with E-state index in [-0.39, 0.29) is 5.75 Å². The number of benzene rings is 2. The van der Waals surface area contributed by atoms with E-state index in [1.807, 2.05) is 30.3 Å². The van der Waals surface area contributed by atoms with Gasteiger partial charge in [0.25, 0.3) is 0 Å². The Kier molecular flexibility index (Phi) is 10.1. The lowest BCUT2D eigenvalue weighted by Gasteiger charge is -2.33. The average Bonchev–Trinajstić information content (AvgIpc) is 3.37. The number of aromatic nitrogens is 2. The van der Waals surface area contributed by atoms with Crippen LogP contribution >= 0.6 is 0 Å². The van der Waals surface area contributed by atoms with Crippen molar-refractivity contribution in [2.75, 3.05) is 26.7 Å². The fourth-order valence-electron chi connectivity index (χ4n) is 4.94. The molecule has 4 aromatic rings. The van der Waals surface area contributed by atoms with Crippen LogP contribution < -0.4 is 14.8 Å². The fraction of sp³-hybridized carbons (Fsp3) is 0.345. The van der Waals surface area contributed by atoms with Gasteiger partial charge in [-0.15, -0.1) is 13.2 Å². The first-order valence-corrected chi connectivity index (χ1v) is 13.3. The number of aliphatic carboxylic acids is 2. The van der Waals surface area contributed by atoms with Gasteiger partial charge < -0.3 is 40.0 Å². The molecule has 0 aliphatic carbocycles. The molecule has 1 saturated heterocycles. The first-order valence-electron chi connectivity index (χ1n) is 13.3. The maximum atomic E-state index is 12.5. The van der Waals surface area contributed by atoms with E-state index in [1.54, 1.807) is 19.4 Å². The molecular weight excluding hydrogens is 573 g/mol.